The van der Waals surface area contributed by atoms with Crippen molar-refractivity contribution in [3.63, 3.8) is 0 Å². The number of carbonyl (C=O) groups is 1. The SMILES string of the molecule is Cn1cc(C(NC(=O)CC2CC(C)(C)NC(C)(C)C2)C2CC(O)C2)cn1. The Morgan fingerprint density at radius 3 is 2.46 bits per heavy atom. The molecule has 146 valence electrons. The number of aromatic nitrogens is 2. The minimum Gasteiger partial charge on any atom is -0.393 e. The molecule has 3 rings (SSSR count). The van der Waals surface area contributed by atoms with Crippen LogP contribution in [0.5, 0.6) is 0 Å². The Balaban J connectivity index is 1.64. The van der Waals surface area contributed by atoms with Crippen molar-refractivity contribution in [2.45, 2.75) is 83.0 Å². The van der Waals surface area contributed by atoms with Crippen LogP contribution in [0, 0.1) is 11.8 Å². The zero-order chi connectivity index (χ0) is 19.1. The fourth-order valence-corrected chi connectivity index (χ4v) is 5.15. The molecule has 6 heteroatoms. The zero-order valence-electron chi connectivity index (χ0n) is 16.7. The Labute approximate surface area is 156 Å². The first-order valence-corrected chi connectivity index (χ1v) is 9.78. The Kier molecular flexibility index (Phi) is 5.19. The van der Waals surface area contributed by atoms with Crippen molar-refractivity contribution >= 4 is 5.91 Å². The van der Waals surface area contributed by atoms with Crippen molar-refractivity contribution in [2.24, 2.45) is 18.9 Å². The van der Waals surface area contributed by atoms with Crippen molar-refractivity contribution in [3.8, 4) is 0 Å². The third kappa shape index (κ3) is 4.65. The molecule has 6 nitrogen and oxygen atoms in total. The predicted molar refractivity (Wildman–Crippen MR) is 101 cm³/mol. The van der Waals surface area contributed by atoms with Gasteiger partial charge in [-0.2, -0.15) is 5.10 Å². The highest BCUT2D eigenvalue weighted by Crippen LogP contribution is 2.39. The van der Waals surface area contributed by atoms with Crippen LogP contribution < -0.4 is 10.6 Å². The van der Waals surface area contributed by atoms with Gasteiger partial charge < -0.3 is 15.7 Å². The average molecular weight is 363 g/mol. The number of carbonyl (C=O) groups excluding carboxylic acids is 1. The molecular formula is C20H34N4O2. The van der Waals surface area contributed by atoms with Crippen LogP contribution in [0.15, 0.2) is 12.4 Å². The van der Waals surface area contributed by atoms with E-state index in [0.717, 1.165) is 31.2 Å². The lowest BCUT2D eigenvalue weighted by Crippen LogP contribution is -2.58. The summed E-state index contributed by atoms with van der Waals surface area (Å²) in [5.74, 6) is 0.778. The van der Waals surface area contributed by atoms with E-state index in [4.69, 9.17) is 0 Å². The van der Waals surface area contributed by atoms with E-state index in [0.29, 0.717) is 18.3 Å². The first-order chi connectivity index (χ1) is 12.0. The molecule has 1 amide bonds. The molecule has 2 aliphatic rings. The lowest BCUT2D eigenvalue weighted by molar-refractivity contribution is -0.124. The fraction of sp³-hybridized carbons (Fsp3) is 0.800. The highest BCUT2D eigenvalue weighted by atomic mass is 16.3. The second-order valence-corrected chi connectivity index (χ2v) is 9.75. The normalized spacial score (nSPS) is 29.0. The summed E-state index contributed by atoms with van der Waals surface area (Å²) < 4.78 is 1.77. The molecule has 1 aliphatic carbocycles. The largest absolute Gasteiger partial charge is 0.393 e. The molecule has 2 fully saturated rings. The molecular weight excluding hydrogens is 328 g/mol. The van der Waals surface area contributed by atoms with Crippen LogP contribution in [0.4, 0.5) is 0 Å². The van der Waals surface area contributed by atoms with Crippen molar-refractivity contribution in [2.75, 3.05) is 0 Å². The van der Waals surface area contributed by atoms with Gasteiger partial charge in [0, 0.05) is 36.3 Å². The molecule has 3 N–H and O–H groups in total. The van der Waals surface area contributed by atoms with Gasteiger partial charge in [0.15, 0.2) is 0 Å². The van der Waals surface area contributed by atoms with Gasteiger partial charge in [0.1, 0.15) is 0 Å². The van der Waals surface area contributed by atoms with Crippen LogP contribution >= 0.6 is 0 Å². The minimum atomic E-state index is -0.234. The van der Waals surface area contributed by atoms with E-state index >= 15 is 0 Å². The molecule has 0 radical (unpaired) electrons. The third-order valence-electron chi connectivity index (χ3n) is 5.77. The molecule has 1 aliphatic heterocycles. The van der Waals surface area contributed by atoms with E-state index < -0.39 is 0 Å². The van der Waals surface area contributed by atoms with Crippen molar-refractivity contribution in [1.82, 2.24) is 20.4 Å². The third-order valence-corrected chi connectivity index (χ3v) is 5.77. The second-order valence-electron chi connectivity index (χ2n) is 9.75. The molecule has 2 heterocycles. The van der Waals surface area contributed by atoms with E-state index in [1.807, 2.05) is 19.4 Å². The molecule has 0 spiro atoms. The number of nitrogens with one attached hydrogen (secondary N) is 2. The summed E-state index contributed by atoms with van der Waals surface area (Å²) in [7, 11) is 1.89. The fourth-order valence-electron chi connectivity index (χ4n) is 5.15. The Morgan fingerprint density at radius 2 is 1.96 bits per heavy atom. The topological polar surface area (TPSA) is 79.2 Å². The number of rotatable bonds is 5. The van der Waals surface area contributed by atoms with Crippen molar-refractivity contribution in [3.05, 3.63) is 18.0 Å². The summed E-state index contributed by atoms with van der Waals surface area (Å²) in [5, 5.41) is 20.9. The van der Waals surface area contributed by atoms with Gasteiger partial charge in [0.05, 0.1) is 18.3 Å². The number of piperidine rings is 1. The van der Waals surface area contributed by atoms with Crippen LogP contribution in [0.1, 0.15) is 71.4 Å². The molecule has 1 aromatic heterocycles. The number of aliphatic hydroxyl groups is 1. The molecule has 26 heavy (non-hydrogen) atoms. The van der Waals surface area contributed by atoms with Crippen LogP contribution in [0.3, 0.4) is 0 Å². The standard InChI is InChI=1S/C20H34N4O2/c1-19(2)9-13(10-20(3,4)23-19)6-17(26)22-18(14-7-16(25)8-14)15-11-21-24(5)12-15/h11-14,16,18,23,25H,6-10H2,1-5H3,(H,22,26). The van der Waals surface area contributed by atoms with Gasteiger partial charge in [0.25, 0.3) is 0 Å². The summed E-state index contributed by atoms with van der Waals surface area (Å²) in [6.07, 6.45) is 7.61. The molecule has 1 atom stereocenters. The maximum absolute atomic E-state index is 12.8. The number of aryl methyl sites for hydroxylation is 1. The first-order valence-electron chi connectivity index (χ1n) is 9.78. The summed E-state index contributed by atoms with van der Waals surface area (Å²) in [5.41, 5.74) is 1.13. The lowest BCUT2D eigenvalue weighted by atomic mass is 9.74. The Bertz CT molecular complexity index is 630. The highest BCUT2D eigenvalue weighted by Gasteiger charge is 2.40. The van der Waals surface area contributed by atoms with Gasteiger partial charge in [-0.05, 0) is 65.2 Å². The van der Waals surface area contributed by atoms with Gasteiger partial charge in [-0.1, -0.05) is 0 Å². The molecule has 0 bridgehead atoms. The molecule has 1 saturated carbocycles. The van der Waals surface area contributed by atoms with E-state index in [-0.39, 0.29) is 29.1 Å². The van der Waals surface area contributed by atoms with Crippen LogP contribution in [0.2, 0.25) is 0 Å². The van der Waals surface area contributed by atoms with Crippen molar-refractivity contribution < 1.29 is 9.90 Å². The van der Waals surface area contributed by atoms with Crippen LogP contribution in [0.25, 0.3) is 0 Å². The highest BCUT2D eigenvalue weighted by molar-refractivity contribution is 5.76. The first kappa shape index (κ1) is 19.4. The number of nitrogens with zero attached hydrogens (tertiary/aromatic N) is 2. The van der Waals surface area contributed by atoms with E-state index in [2.05, 4.69) is 43.4 Å². The smallest absolute Gasteiger partial charge is 0.220 e. The predicted octanol–water partition coefficient (Wildman–Crippen LogP) is 2.30. The molecule has 0 aromatic carbocycles. The summed E-state index contributed by atoms with van der Waals surface area (Å²) in [6, 6.07) is -0.0534. The molecule has 1 unspecified atom stereocenters. The van der Waals surface area contributed by atoms with E-state index in [1.54, 1.807) is 4.68 Å². The second kappa shape index (κ2) is 6.97. The number of aliphatic hydroxyl groups excluding tert-OH is 1. The lowest BCUT2D eigenvalue weighted by Gasteiger charge is -2.46. The average Bonchev–Trinajstić information content (AvgIpc) is 2.84. The van der Waals surface area contributed by atoms with E-state index in [1.165, 1.54) is 0 Å². The molecule has 1 aromatic rings. The maximum atomic E-state index is 12.8. The minimum absolute atomic E-state index is 0.0491. The summed E-state index contributed by atoms with van der Waals surface area (Å²) in [6.45, 7) is 8.86. The zero-order valence-corrected chi connectivity index (χ0v) is 16.7. The maximum Gasteiger partial charge on any atom is 0.220 e. The number of amides is 1. The van der Waals surface area contributed by atoms with Crippen molar-refractivity contribution in [1.29, 1.82) is 0 Å². The quantitative estimate of drug-likeness (QED) is 0.751. The van der Waals surface area contributed by atoms with Crippen LogP contribution in [-0.4, -0.2) is 38.0 Å². The number of hydrogen-bond acceptors (Lipinski definition) is 4. The van der Waals surface area contributed by atoms with Crippen LogP contribution in [-0.2, 0) is 11.8 Å². The van der Waals surface area contributed by atoms with E-state index in [9.17, 15) is 9.90 Å². The van der Waals surface area contributed by atoms with Gasteiger partial charge in [-0.15, -0.1) is 0 Å². The summed E-state index contributed by atoms with van der Waals surface area (Å²) >= 11 is 0. The Morgan fingerprint density at radius 1 is 1.35 bits per heavy atom. The van der Waals surface area contributed by atoms with Gasteiger partial charge >= 0.3 is 0 Å². The monoisotopic (exact) mass is 362 g/mol. The summed E-state index contributed by atoms with van der Waals surface area (Å²) in [4.78, 5) is 12.8. The Hall–Kier alpha value is -1.40. The number of hydrogen-bond donors (Lipinski definition) is 3. The van der Waals surface area contributed by atoms with Gasteiger partial charge in [-0.3, -0.25) is 9.48 Å². The van der Waals surface area contributed by atoms with Gasteiger partial charge in [0.2, 0.25) is 5.91 Å². The van der Waals surface area contributed by atoms with Gasteiger partial charge in [-0.25, -0.2) is 0 Å². The molecule has 1 saturated heterocycles.